The fourth-order valence-corrected chi connectivity index (χ4v) is 2.11. The number of carbonyl (C=O) groups is 1. The van der Waals surface area contributed by atoms with Crippen LogP contribution in [0, 0.1) is 11.3 Å². The summed E-state index contributed by atoms with van der Waals surface area (Å²) >= 11 is 0. The highest BCUT2D eigenvalue weighted by Crippen LogP contribution is 2.20. The van der Waals surface area contributed by atoms with Crippen molar-refractivity contribution in [2.24, 2.45) is 5.84 Å². The number of benzene rings is 1. The molecule has 1 aromatic rings. The molecule has 2 amide bonds. The van der Waals surface area contributed by atoms with E-state index in [4.69, 9.17) is 15.8 Å². The Balaban J connectivity index is 2.15. The van der Waals surface area contributed by atoms with E-state index in [9.17, 15) is 4.79 Å². The molecule has 1 aliphatic heterocycles. The molecule has 2 rings (SSSR count). The van der Waals surface area contributed by atoms with E-state index in [1.165, 1.54) is 12.1 Å². The van der Waals surface area contributed by atoms with Gasteiger partial charge in [0.15, 0.2) is 0 Å². The summed E-state index contributed by atoms with van der Waals surface area (Å²) in [4.78, 5) is 13.5. The van der Waals surface area contributed by atoms with Gasteiger partial charge in [-0.25, -0.2) is 10.6 Å². The number of nitrogens with zero attached hydrogens (tertiary/aromatic N) is 3. The number of hydrogen-bond acceptors (Lipinski definition) is 4. The number of amides is 2. The zero-order valence-corrected chi connectivity index (χ0v) is 10.8. The lowest BCUT2D eigenvalue weighted by Gasteiger charge is -2.32. The van der Waals surface area contributed by atoms with Crippen molar-refractivity contribution in [2.75, 3.05) is 20.2 Å². The van der Waals surface area contributed by atoms with Gasteiger partial charge in [-0.1, -0.05) is 6.07 Å². The Labute approximate surface area is 111 Å². The number of carbonyl (C=O) groups excluding carboxylic acids is 1. The van der Waals surface area contributed by atoms with Crippen LogP contribution in [-0.4, -0.2) is 36.1 Å². The summed E-state index contributed by atoms with van der Waals surface area (Å²) in [6.45, 7) is 1.72. The molecule has 1 aromatic carbocycles. The van der Waals surface area contributed by atoms with Gasteiger partial charge < -0.3 is 9.64 Å². The quantitative estimate of drug-likeness (QED) is 0.651. The third kappa shape index (κ3) is 2.77. The van der Waals surface area contributed by atoms with Gasteiger partial charge in [0.05, 0.1) is 12.7 Å². The molecule has 0 unspecified atom stereocenters. The first-order chi connectivity index (χ1) is 9.15. The molecule has 0 bridgehead atoms. The van der Waals surface area contributed by atoms with Crippen molar-refractivity contribution >= 4 is 6.03 Å². The smallest absolute Gasteiger partial charge is 0.334 e. The average Bonchev–Trinajstić information content (AvgIpc) is 2.43. The van der Waals surface area contributed by atoms with Crippen molar-refractivity contribution in [3.05, 3.63) is 29.3 Å². The Hall–Kier alpha value is -2.26. The van der Waals surface area contributed by atoms with E-state index in [2.05, 4.69) is 6.07 Å². The molecule has 0 aromatic heterocycles. The predicted molar refractivity (Wildman–Crippen MR) is 69.0 cm³/mol. The van der Waals surface area contributed by atoms with E-state index < -0.39 is 0 Å². The molecule has 19 heavy (non-hydrogen) atoms. The van der Waals surface area contributed by atoms with Crippen LogP contribution in [0.4, 0.5) is 4.79 Å². The fraction of sp³-hybridized carbons (Fsp3) is 0.385. The second-order valence-corrected chi connectivity index (χ2v) is 4.40. The zero-order chi connectivity index (χ0) is 13.8. The summed E-state index contributed by atoms with van der Waals surface area (Å²) in [5.74, 6) is 6.13. The Morgan fingerprint density at radius 3 is 2.95 bits per heavy atom. The molecule has 0 saturated carbocycles. The molecule has 0 aliphatic carbocycles. The Kier molecular flexibility index (Phi) is 3.88. The highest BCUT2D eigenvalue weighted by atomic mass is 16.5. The molecule has 100 valence electrons. The van der Waals surface area contributed by atoms with Crippen molar-refractivity contribution in [2.45, 2.75) is 13.0 Å². The minimum Gasteiger partial charge on any atom is -0.495 e. The highest BCUT2D eigenvalue weighted by molar-refractivity contribution is 5.74. The Morgan fingerprint density at radius 2 is 2.26 bits per heavy atom. The van der Waals surface area contributed by atoms with E-state index in [0.29, 0.717) is 30.9 Å². The van der Waals surface area contributed by atoms with Gasteiger partial charge in [0.25, 0.3) is 0 Å². The molecule has 1 saturated heterocycles. The average molecular weight is 260 g/mol. The molecule has 0 spiro atoms. The molecule has 1 aliphatic rings. The number of hydrazine groups is 1. The molecule has 1 heterocycles. The Morgan fingerprint density at radius 1 is 1.47 bits per heavy atom. The zero-order valence-electron chi connectivity index (χ0n) is 10.8. The molecular weight excluding hydrogens is 244 g/mol. The van der Waals surface area contributed by atoms with Crippen LogP contribution in [0.1, 0.15) is 17.5 Å². The van der Waals surface area contributed by atoms with Gasteiger partial charge in [-0.15, -0.1) is 0 Å². The Bertz CT molecular complexity index is 524. The van der Waals surface area contributed by atoms with Crippen LogP contribution in [0.15, 0.2) is 18.2 Å². The highest BCUT2D eigenvalue weighted by Gasteiger charge is 2.23. The van der Waals surface area contributed by atoms with Crippen LogP contribution in [-0.2, 0) is 6.54 Å². The largest absolute Gasteiger partial charge is 0.495 e. The number of urea groups is 1. The van der Waals surface area contributed by atoms with Gasteiger partial charge in [-0.05, 0) is 24.1 Å². The van der Waals surface area contributed by atoms with Gasteiger partial charge in [0.2, 0.25) is 0 Å². The van der Waals surface area contributed by atoms with Crippen LogP contribution >= 0.6 is 0 Å². The van der Waals surface area contributed by atoms with Crippen molar-refractivity contribution < 1.29 is 9.53 Å². The van der Waals surface area contributed by atoms with E-state index in [-0.39, 0.29) is 6.03 Å². The fourth-order valence-electron chi connectivity index (χ4n) is 2.11. The first kappa shape index (κ1) is 13.2. The molecule has 6 heteroatoms. The molecule has 1 fully saturated rings. The van der Waals surface area contributed by atoms with Crippen LogP contribution in [0.2, 0.25) is 0 Å². The molecule has 6 nitrogen and oxygen atoms in total. The number of rotatable bonds is 3. The van der Waals surface area contributed by atoms with Crippen LogP contribution in [0.5, 0.6) is 5.75 Å². The van der Waals surface area contributed by atoms with Crippen molar-refractivity contribution in [3.8, 4) is 11.8 Å². The normalized spacial score (nSPS) is 15.3. The maximum atomic E-state index is 11.8. The number of nitrogens with two attached hydrogens (primary N) is 1. The van der Waals surface area contributed by atoms with Gasteiger partial charge in [0, 0.05) is 19.6 Å². The minimum absolute atomic E-state index is 0.180. The summed E-state index contributed by atoms with van der Waals surface area (Å²) < 4.78 is 5.09. The van der Waals surface area contributed by atoms with E-state index in [1.807, 2.05) is 6.07 Å². The summed E-state index contributed by atoms with van der Waals surface area (Å²) in [5, 5.41) is 10.3. The third-order valence-electron chi connectivity index (χ3n) is 3.10. The summed E-state index contributed by atoms with van der Waals surface area (Å²) in [6.07, 6.45) is 0.851. The van der Waals surface area contributed by atoms with Gasteiger partial charge >= 0.3 is 6.03 Å². The van der Waals surface area contributed by atoms with E-state index in [0.717, 1.165) is 12.0 Å². The first-order valence-corrected chi connectivity index (χ1v) is 6.04. The van der Waals surface area contributed by atoms with Crippen molar-refractivity contribution in [1.29, 1.82) is 5.26 Å². The standard InChI is InChI=1S/C13H16N4O2/c1-19-12-4-3-10(7-11(12)8-14)9-16-5-2-6-17(15)13(16)18/h3-4,7H,2,5-6,9,15H2,1H3. The lowest BCUT2D eigenvalue weighted by molar-refractivity contribution is 0.127. The predicted octanol–water partition coefficient (Wildman–Crippen LogP) is 1.07. The first-order valence-electron chi connectivity index (χ1n) is 6.04. The molecule has 0 radical (unpaired) electrons. The second-order valence-electron chi connectivity index (χ2n) is 4.40. The maximum Gasteiger partial charge on any atom is 0.334 e. The van der Waals surface area contributed by atoms with Gasteiger partial charge in [-0.2, -0.15) is 5.26 Å². The van der Waals surface area contributed by atoms with Gasteiger partial charge in [-0.3, -0.25) is 5.01 Å². The number of nitriles is 1. The summed E-state index contributed by atoms with van der Waals surface area (Å²) in [5.41, 5.74) is 1.36. The van der Waals surface area contributed by atoms with E-state index >= 15 is 0 Å². The molecular formula is C13H16N4O2. The number of hydrogen-bond donors (Lipinski definition) is 1. The van der Waals surface area contributed by atoms with E-state index in [1.54, 1.807) is 17.0 Å². The molecule has 0 atom stereocenters. The van der Waals surface area contributed by atoms with Gasteiger partial charge in [0.1, 0.15) is 11.8 Å². The van der Waals surface area contributed by atoms with Crippen LogP contribution in [0.25, 0.3) is 0 Å². The lowest BCUT2D eigenvalue weighted by atomic mass is 10.1. The SMILES string of the molecule is COc1ccc(CN2CCCN(N)C2=O)cc1C#N. The van der Waals surface area contributed by atoms with Crippen molar-refractivity contribution in [1.82, 2.24) is 9.91 Å². The maximum absolute atomic E-state index is 11.8. The number of ether oxygens (including phenoxy) is 1. The number of methoxy groups -OCH3 is 1. The second kappa shape index (κ2) is 5.59. The minimum atomic E-state index is -0.180. The lowest BCUT2D eigenvalue weighted by Crippen LogP contribution is -2.52. The summed E-state index contributed by atoms with van der Waals surface area (Å²) in [6, 6.07) is 7.23. The van der Waals surface area contributed by atoms with Crippen LogP contribution in [0.3, 0.4) is 0 Å². The monoisotopic (exact) mass is 260 g/mol. The topological polar surface area (TPSA) is 82.6 Å². The third-order valence-corrected chi connectivity index (χ3v) is 3.10. The van der Waals surface area contributed by atoms with Crippen molar-refractivity contribution in [3.63, 3.8) is 0 Å². The molecule has 2 N–H and O–H groups in total. The summed E-state index contributed by atoms with van der Waals surface area (Å²) in [7, 11) is 1.52. The van der Waals surface area contributed by atoms with Crippen LogP contribution < -0.4 is 10.6 Å².